The highest BCUT2D eigenvalue weighted by atomic mass is 32.1. The third kappa shape index (κ3) is 4.82. The lowest BCUT2D eigenvalue weighted by atomic mass is 9.89. The van der Waals surface area contributed by atoms with Gasteiger partial charge in [-0.3, -0.25) is 4.99 Å². The van der Waals surface area contributed by atoms with Crippen LogP contribution in [-0.2, 0) is 6.54 Å². The fourth-order valence-electron chi connectivity index (χ4n) is 9.10. The third-order valence-corrected chi connectivity index (χ3v) is 12.9. The minimum absolute atomic E-state index is 0.468. The number of para-hydroxylation sites is 1. The summed E-state index contributed by atoms with van der Waals surface area (Å²) in [4.78, 5) is 8.99. The van der Waals surface area contributed by atoms with E-state index in [1.807, 2.05) is 24.3 Å². The molecule has 5 heteroatoms. The Bertz CT molecular complexity index is 3480. The molecule has 2 aromatic heterocycles. The second kappa shape index (κ2) is 12.4. The SMILES string of the molecule is Nc1c(C(=NCc2cccc3c(N4c5cc6ccccc6cc5-c5cccc6cccc4c56)cccc23)c2cccc3oc4ccccc4c23)sc2ccccc12. The van der Waals surface area contributed by atoms with Crippen LogP contribution in [0.15, 0.2) is 185 Å². The van der Waals surface area contributed by atoms with Crippen LogP contribution in [0.1, 0.15) is 16.0 Å². The minimum Gasteiger partial charge on any atom is -0.456 e. The normalized spacial score (nSPS) is 12.8. The zero-order valence-corrected chi connectivity index (χ0v) is 31.6. The summed E-state index contributed by atoms with van der Waals surface area (Å²) in [7, 11) is 0. The molecule has 0 radical (unpaired) electrons. The summed E-state index contributed by atoms with van der Waals surface area (Å²) in [6.45, 7) is 0.468. The standard InChI is InChI=1S/C52H33N3OS/c53-50-39-18-4-6-27-47(39)57-52(50)51(40-22-11-26-46-49(40)38-17-3-5-25-45(38)56-46)54-30-34-16-8-20-36-35(34)19-10-23-42(36)55-43-24-9-15-31-14-7-21-37(48(31)43)41-28-32-12-1-2-13-33(32)29-44(41)55/h1-29H,30,53H2. The van der Waals surface area contributed by atoms with E-state index in [1.54, 1.807) is 11.3 Å². The molecule has 0 unspecified atom stereocenters. The number of hydrogen-bond donors (Lipinski definition) is 1. The van der Waals surface area contributed by atoms with Crippen molar-refractivity contribution in [3.63, 3.8) is 0 Å². The highest BCUT2D eigenvalue weighted by Gasteiger charge is 2.28. The van der Waals surface area contributed by atoms with Gasteiger partial charge in [-0.25, -0.2) is 0 Å². The van der Waals surface area contributed by atoms with Gasteiger partial charge in [0.15, 0.2) is 0 Å². The van der Waals surface area contributed by atoms with Gasteiger partial charge in [0.1, 0.15) is 11.2 Å². The largest absolute Gasteiger partial charge is 0.456 e. The van der Waals surface area contributed by atoms with Gasteiger partial charge in [-0.15, -0.1) is 11.3 Å². The second-order valence-corrected chi connectivity index (χ2v) is 15.9. The van der Waals surface area contributed by atoms with Crippen LogP contribution in [0.2, 0.25) is 0 Å². The van der Waals surface area contributed by atoms with E-state index in [1.165, 1.54) is 54.8 Å². The highest BCUT2D eigenvalue weighted by molar-refractivity contribution is 7.21. The van der Waals surface area contributed by atoms with E-state index < -0.39 is 0 Å². The zero-order chi connectivity index (χ0) is 37.6. The molecule has 2 N–H and O–H groups in total. The molecule has 0 atom stereocenters. The first-order valence-electron chi connectivity index (χ1n) is 19.3. The Hall–Kier alpha value is -7.21. The lowest BCUT2D eigenvalue weighted by Crippen LogP contribution is -2.15. The fourth-order valence-corrected chi connectivity index (χ4v) is 10.2. The quantitative estimate of drug-likeness (QED) is 0.178. The molecule has 0 saturated heterocycles. The number of nitrogen functional groups attached to an aromatic ring is 1. The van der Waals surface area contributed by atoms with Gasteiger partial charge in [-0.1, -0.05) is 133 Å². The molecule has 4 nitrogen and oxygen atoms in total. The van der Waals surface area contributed by atoms with E-state index in [0.717, 1.165) is 65.1 Å². The van der Waals surface area contributed by atoms with Crippen molar-refractivity contribution in [1.29, 1.82) is 0 Å². The summed E-state index contributed by atoms with van der Waals surface area (Å²) in [5, 5.41) is 10.5. The molecular formula is C52H33N3OS. The fraction of sp³-hybridized carbons (Fsp3) is 0.0192. The second-order valence-electron chi connectivity index (χ2n) is 14.8. The minimum atomic E-state index is 0.468. The summed E-state index contributed by atoms with van der Waals surface area (Å²) in [6.07, 6.45) is 0. The van der Waals surface area contributed by atoms with Gasteiger partial charge in [-0.2, -0.15) is 0 Å². The van der Waals surface area contributed by atoms with Gasteiger partial charge in [0.05, 0.1) is 39.9 Å². The third-order valence-electron chi connectivity index (χ3n) is 11.7. The van der Waals surface area contributed by atoms with Crippen LogP contribution >= 0.6 is 11.3 Å². The van der Waals surface area contributed by atoms with E-state index >= 15 is 0 Å². The maximum Gasteiger partial charge on any atom is 0.136 e. The molecule has 3 heterocycles. The van der Waals surface area contributed by atoms with Crippen molar-refractivity contribution in [2.75, 3.05) is 10.6 Å². The average molecular weight is 748 g/mol. The number of furan rings is 1. The first kappa shape index (κ1) is 32.1. The number of benzene rings is 9. The van der Waals surface area contributed by atoms with Gasteiger partial charge >= 0.3 is 0 Å². The van der Waals surface area contributed by atoms with Crippen LogP contribution in [0, 0.1) is 0 Å². The molecular weight excluding hydrogens is 715 g/mol. The maximum absolute atomic E-state index is 7.01. The molecule has 0 spiro atoms. The van der Waals surface area contributed by atoms with Crippen LogP contribution in [0.25, 0.3) is 75.5 Å². The molecule has 9 aromatic carbocycles. The van der Waals surface area contributed by atoms with Crippen LogP contribution in [0.4, 0.5) is 22.7 Å². The number of anilines is 4. The van der Waals surface area contributed by atoms with Crippen molar-refractivity contribution < 1.29 is 4.42 Å². The van der Waals surface area contributed by atoms with E-state index in [9.17, 15) is 0 Å². The van der Waals surface area contributed by atoms with Crippen molar-refractivity contribution in [2.24, 2.45) is 4.99 Å². The molecule has 1 aliphatic rings. The van der Waals surface area contributed by atoms with E-state index in [4.69, 9.17) is 15.1 Å². The van der Waals surface area contributed by atoms with Crippen molar-refractivity contribution >= 4 is 104 Å². The molecule has 11 aromatic rings. The summed E-state index contributed by atoms with van der Waals surface area (Å²) >= 11 is 1.70. The molecule has 0 fully saturated rings. The van der Waals surface area contributed by atoms with Gasteiger partial charge in [0.2, 0.25) is 0 Å². The molecule has 57 heavy (non-hydrogen) atoms. The Morgan fingerprint density at radius 3 is 2.09 bits per heavy atom. The Morgan fingerprint density at radius 1 is 0.526 bits per heavy atom. The first-order chi connectivity index (χ1) is 28.2. The highest BCUT2D eigenvalue weighted by Crippen LogP contribution is 2.53. The first-order valence-corrected chi connectivity index (χ1v) is 20.1. The lowest BCUT2D eigenvalue weighted by Gasteiger charge is -2.34. The molecule has 268 valence electrons. The summed E-state index contributed by atoms with van der Waals surface area (Å²) in [5.41, 5.74) is 18.5. The predicted octanol–water partition coefficient (Wildman–Crippen LogP) is 14.3. The van der Waals surface area contributed by atoms with Crippen LogP contribution < -0.4 is 10.6 Å². The number of aliphatic imine (C=N–C) groups is 1. The number of nitrogens with two attached hydrogens (primary N) is 1. The van der Waals surface area contributed by atoms with Gasteiger partial charge in [0, 0.05) is 42.8 Å². The summed E-state index contributed by atoms with van der Waals surface area (Å²) in [6, 6.07) is 62.9. The average Bonchev–Trinajstić information content (AvgIpc) is 3.81. The van der Waals surface area contributed by atoms with Crippen LogP contribution in [-0.4, -0.2) is 5.71 Å². The summed E-state index contributed by atoms with van der Waals surface area (Å²) in [5.74, 6) is 0. The monoisotopic (exact) mass is 747 g/mol. The lowest BCUT2D eigenvalue weighted by molar-refractivity contribution is 0.669. The van der Waals surface area contributed by atoms with E-state index in [0.29, 0.717) is 6.54 Å². The Morgan fingerprint density at radius 2 is 1.19 bits per heavy atom. The number of thiophene rings is 1. The number of hydrogen-bond acceptors (Lipinski definition) is 5. The molecule has 12 rings (SSSR count). The maximum atomic E-state index is 7.01. The van der Waals surface area contributed by atoms with Crippen molar-refractivity contribution in [3.05, 3.63) is 192 Å². The molecule has 0 saturated carbocycles. The number of fused-ring (bicyclic) bond motifs is 8. The van der Waals surface area contributed by atoms with Gasteiger partial charge < -0.3 is 15.1 Å². The Kier molecular flexibility index (Phi) is 6.98. The van der Waals surface area contributed by atoms with Crippen molar-refractivity contribution in [3.8, 4) is 11.1 Å². The Balaban J connectivity index is 1.06. The topological polar surface area (TPSA) is 54.8 Å². The Labute approximate surface area is 332 Å². The van der Waals surface area contributed by atoms with Crippen molar-refractivity contribution in [2.45, 2.75) is 6.54 Å². The summed E-state index contributed by atoms with van der Waals surface area (Å²) < 4.78 is 7.50. The van der Waals surface area contributed by atoms with Crippen LogP contribution in [0.5, 0.6) is 0 Å². The number of nitrogens with zero attached hydrogens (tertiary/aromatic N) is 2. The molecule has 0 bridgehead atoms. The van der Waals surface area contributed by atoms with Crippen molar-refractivity contribution in [1.82, 2.24) is 0 Å². The van der Waals surface area contributed by atoms with Gasteiger partial charge in [-0.05, 0) is 75.1 Å². The molecule has 0 amide bonds. The van der Waals surface area contributed by atoms with E-state index in [2.05, 4.69) is 157 Å². The van der Waals surface area contributed by atoms with Crippen LogP contribution in [0.3, 0.4) is 0 Å². The van der Waals surface area contributed by atoms with E-state index in [-0.39, 0.29) is 0 Å². The number of rotatable bonds is 5. The smallest absolute Gasteiger partial charge is 0.136 e. The predicted molar refractivity (Wildman–Crippen MR) is 242 cm³/mol. The van der Waals surface area contributed by atoms with Gasteiger partial charge in [0.25, 0.3) is 0 Å². The molecule has 0 aliphatic carbocycles. The molecule has 1 aliphatic heterocycles. The zero-order valence-electron chi connectivity index (χ0n) is 30.7.